The van der Waals surface area contributed by atoms with Crippen LogP contribution >= 0.6 is 0 Å². The molecule has 0 spiro atoms. The van der Waals surface area contributed by atoms with Crippen molar-refractivity contribution in [2.45, 2.75) is 33.2 Å². The van der Waals surface area contributed by atoms with Crippen LogP contribution in [0.4, 0.5) is 0 Å². The summed E-state index contributed by atoms with van der Waals surface area (Å²) in [5.74, 6) is -1.42. The number of nitrogens with zero attached hydrogens (tertiary/aromatic N) is 2. The fraction of sp³-hybridized carbons (Fsp3) is 0.545. The Morgan fingerprint density at radius 2 is 2.24 bits per heavy atom. The van der Waals surface area contributed by atoms with Gasteiger partial charge in [0, 0.05) is 12.1 Å². The van der Waals surface area contributed by atoms with E-state index in [9.17, 15) is 9.59 Å². The van der Waals surface area contributed by atoms with Crippen LogP contribution in [0, 0.1) is 6.92 Å². The van der Waals surface area contributed by atoms with Gasteiger partial charge < -0.3 is 14.5 Å². The van der Waals surface area contributed by atoms with Crippen LogP contribution < -0.4 is 0 Å². The van der Waals surface area contributed by atoms with Gasteiger partial charge in [-0.15, -0.1) is 0 Å². The summed E-state index contributed by atoms with van der Waals surface area (Å²) >= 11 is 0. The fourth-order valence-corrected chi connectivity index (χ4v) is 1.40. The second kappa shape index (κ2) is 5.47. The van der Waals surface area contributed by atoms with Crippen LogP contribution in [0.5, 0.6) is 0 Å². The Bertz CT molecular complexity index is 413. The Kier molecular flexibility index (Phi) is 4.25. The van der Waals surface area contributed by atoms with Gasteiger partial charge in [0.2, 0.25) is 5.76 Å². The molecule has 6 heteroatoms. The Balaban J connectivity index is 2.89. The zero-order chi connectivity index (χ0) is 13.0. The number of rotatable bonds is 5. The molecule has 0 saturated carbocycles. The predicted molar refractivity (Wildman–Crippen MR) is 59.7 cm³/mol. The van der Waals surface area contributed by atoms with Crippen molar-refractivity contribution >= 4 is 11.9 Å². The zero-order valence-electron chi connectivity index (χ0n) is 10.1. The highest BCUT2D eigenvalue weighted by molar-refractivity contribution is 5.93. The lowest BCUT2D eigenvalue weighted by molar-refractivity contribution is -0.138. The van der Waals surface area contributed by atoms with E-state index in [1.54, 1.807) is 13.8 Å². The number of hydrogen-bond donors (Lipinski definition) is 1. The van der Waals surface area contributed by atoms with Gasteiger partial charge in [-0.05, 0) is 20.3 Å². The summed E-state index contributed by atoms with van der Waals surface area (Å²) in [4.78, 5) is 24.0. The van der Waals surface area contributed by atoms with Crippen LogP contribution in [0.15, 0.2) is 10.6 Å². The molecule has 6 nitrogen and oxygen atoms in total. The number of carboxylic acid groups (broad SMARTS) is 1. The minimum absolute atomic E-state index is 0.0732. The molecule has 1 aromatic rings. The van der Waals surface area contributed by atoms with Gasteiger partial charge in [0.25, 0.3) is 5.91 Å². The lowest BCUT2D eigenvalue weighted by Gasteiger charge is -2.25. The molecule has 1 amide bonds. The van der Waals surface area contributed by atoms with Gasteiger partial charge in [0.1, 0.15) is 6.54 Å². The standard InChI is InChI=1S/C11H16N2O4/c1-4-8(3)13(6-10(14)15)11(16)9-5-7(2)12-17-9/h5,8H,4,6H2,1-3H3,(H,14,15). The van der Waals surface area contributed by atoms with Crippen LogP contribution in [0.2, 0.25) is 0 Å². The topological polar surface area (TPSA) is 83.6 Å². The number of aromatic nitrogens is 1. The maximum absolute atomic E-state index is 12.0. The Labute approximate surface area is 99.2 Å². The maximum atomic E-state index is 12.0. The highest BCUT2D eigenvalue weighted by atomic mass is 16.5. The second-order valence-electron chi connectivity index (χ2n) is 3.92. The Morgan fingerprint density at radius 1 is 1.59 bits per heavy atom. The number of amides is 1. The van der Waals surface area contributed by atoms with Crippen LogP contribution in [-0.2, 0) is 4.79 Å². The van der Waals surface area contributed by atoms with Crippen LogP contribution in [0.25, 0.3) is 0 Å². The summed E-state index contributed by atoms with van der Waals surface area (Å²) in [5.41, 5.74) is 0.591. The van der Waals surface area contributed by atoms with Crippen molar-refractivity contribution in [3.8, 4) is 0 Å². The number of aliphatic carboxylic acids is 1. The molecule has 1 unspecified atom stereocenters. The van der Waals surface area contributed by atoms with E-state index < -0.39 is 11.9 Å². The number of carboxylic acids is 1. The minimum atomic E-state index is -1.05. The molecule has 0 fully saturated rings. The van der Waals surface area contributed by atoms with Crippen molar-refractivity contribution in [1.29, 1.82) is 0 Å². The largest absolute Gasteiger partial charge is 0.480 e. The third-order valence-corrected chi connectivity index (χ3v) is 2.53. The van der Waals surface area contributed by atoms with E-state index in [1.807, 2.05) is 6.92 Å². The third kappa shape index (κ3) is 3.30. The average Bonchev–Trinajstić information content (AvgIpc) is 2.70. The molecular formula is C11H16N2O4. The molecule has 1 atom stereocenters. The number of carbonyl (C=O) groups is 2. The summed E-state index contributed by atoms with van der Waals surface area (Å²) < 4.78 is 4.85. The highest BCUT2D eigenvalue weighted by Crippen LogP contribution is 2.11. The van der Waals surface area contributed by atoms with E-state index >= 15 is 0 Å². The molecule has 1 rings (SSSR count). The smallest absolute Gasteiger partial charge is 0.323 e. The van der Waals surface area contributed by atoms with E-state index in [2.05, 4.69) is 5.16 Å². The summed E-state index contributed by atoms with van der Waals surface area (Å²) in [6.07, 6.45) is 0.673. The van der Waals surface area contributed by atoms with Gasteiger partial charge in [-0.1, -0.05) is 12.1 Å². The number of carbonyl (C=O) groups excluding carboxylic acids is 1. The minimum Gasteiger partial charge on any atom is -0.480 e. The van der Waals surface area contributed by atoms with E-state index in [1.165, 1.54) is 11.0 Å². The molecule has 0 radical (unpaired) electrons. The fourth-order valence-electron chi connectivity index (χ4n) is 1.40. The molecule has 1 aromatic heterocycles. The second-order valence-corrected chi connectivity index (χ2v) is 3.92. The van der Waals surface area contributed by atoms with Gasteiger partial charge in [0.05, 0.1) is 5.69 Å². The molecule has 0 saturated heterocycles. The van der Waals surface area contributed by atoms with Crippen molar-refractivity contribution in [3.63, 3.8) is 0 Å². The maximum Gasteiger partial charge on any atom is 0.323 e. The van der Waals surface area contributed by atoms with Crippen molar-refractivity contribution in [2.24, 2.45) is 0 Å². The van der Waals surface area contributed by atoms with E-state index in [-0.39, 0.29) is 18.3 Å². The quantitative estimate of drug-likeness (QED) is 0.838. The van der Waals surface area contributed by atoms with Gasteiger partial charge in [-0.3, -0.25) is 9.59 Å². The molecule has 17 heavy (non-hydrogen) atoms. The van der Waals surface area contributed by atoms with Crippen molar-refractivity contribution in [1.82, 2.24) is 10.1 Å². The van der Waals surface area contributed by atoms with Crippen molar-refractivity contribution < 1.29 is 19.2 Å². The predicted octanol–water partition coefficient (Wildman–Crippen LogP) is 1.31. The van der Waals surface area contributed by atoms with E-state index in [0.29, 0.717) is 12.1 Å². The van der Waals surface area contributed by atoms with Gasteiger partial charge >= 0.3 is 5.97 Å². The molecule has 0 aliphatic heterocycles. The van der Waals surface area contributed by atoms with Gasteiger partial charge in [-0.25, -0.2) is 0 Å². The molecule has 0 aromatic carbocycles. The first-order valence-corrected chi connectivity index (χ1v) is 5.41. The normalized spacial score (nSPS) is 12.2. The van der Waals surface area contributed by atoms with Crippen molar-refractivity contribution in [2.75, 3.05) is 6.54 Å². The van der Waals surface area contributed by atoms with E-state index in [0.717, 1.165) is 0 Å². The Morgan fingerprint density at radius 3 is 2.65 bits per heavy atom. The number of hydrogen-bond acceptors (Lipinski definition) is 4. The highest BCUT2D eigenvalue weighted by Gasteiger charge is 2.25. The first kappa shape index (κ1) is 13.2. The van der Waals surface area contributed by atoms with E-state index in [4.69, 9.17) is 9.63 Å². The van der Waals surface area contributed by atoms with Gasteiger partial charge in [0.15, 0.2) is 0 Å². The summed E-state index contributed by atoms with van der Waals surface area (Å²) in [6, 6.07) is 1.34. The lowest BCUT2D eigenvalue weighted by atomic mass is 10.2. The SMILES string of the molecule is CCC(C)N(CC(=O)O)C(=O)c1cc(C)no1. The zero-order valence-corrected chi connectivity index (χ0v) is 10.1. The van der Waals surface area contributed by atoms with Crippen LogP contribution in [-0.4, -0.2) is 39.6 Å². The third-order valence-electron chi connectivity index (χ3n) is 2.53. The molecule has 0 bridgehead atoms. The van der Waals surface area contributed by atoms with Gasteiger partial charge in [-0.2, -0.15) is 0 Å². The van der Waals surface area contributed by atoms with Crippen LogP contribution in [0.3, 0.4) is 0 Å². The molecule has 0 aliphatic carbocycles. The lowest BCUT2D eigenvalue weighted by Crippen LogP contribution is -2.41. The summed E-state index contributed by atoms with van der Waals surface area (Å²) in [7, 11) is 0. The van der Waals surface area contributed by atoms with Crippen molar-refractivity contribution in [3.05, 3.63) is 17.5 Å². The number of aryl methyl sites for hydroxylation is 1. The average molecular weight is 240 g/mol. The first-order valence-electron chi connectivity index (χ1n) is 5.41. The molecule has 0 aliphatic rings. The molecule has 1 N–H and O–H groups in total. The summed E-state index contributed by atoms with van der Waals surface area (Å²) in [5, 5.41) is 12.4. The molecule has 1 heterocycles. The summed E-state index contributed by atoms with van der Waals surface area (Å²) in [6.45, 7) is 5.04. The van der Waals surface area contributed by atoms with Crippen LogP contribution in [0.1, 0.15) is 36.5 Å². The molecule has 94 valence electrons. The molecular weight excluding hydrogens is 224 g/mol. The monoisotopic (exact) mass is 240 g/mol. The first-order chi connectivity index (χ1) is 7.95. The Hall–Kier alpha value is -1.85.